The standard InChI is InChI=1S/C24H28N4O2S/c1-20-24(11-6-13-25-20)31(29,30)26-22-8-5-7-21(19-22)12-14-27-15-17-28(18-16-27)23-9-3-2-4-10-23/h2-11,13,19,26H,12,14-18H2,1H3. The summed E-state index contributed by atoms with van der Waals surface area (Å²) in [4.78, 5) is 9.18. The summed E-state index contributed by atoms with van der Waals surface area (Å²) in [7, 11) is -3.66. The molecule has 1 N–H and O–H groups in total. The molecule has 3 aromatic rings. The fraction of sp³-hybridized carbons (Fsp3) is 0.292. The summed E-state index contributed by atoms with van der Waals surface area (Å²) in [6.07, 6.45) is 2.47. The fourth-order valence-corrected chi connectivity index (χ4v) is 5.16. The van der Waals surface area contributed by atoms with Gasteiger partial charge in [0, 0.05) is 50.3 Å². The molecule has 1 aliphatic rings. The molecular formula is C24H28N4O2S. The van der Waals surface area contributed by atoms with Gasteiger partial charge < -0.3 is 4.90 Å². The molecule has 0 atom stereocenters. The number of aromatic nitrogens is 1. The summed E-state index contributed by atoms with van der Waals surface area (Å²) >= 11 is 0. The predicted molar refractivity (Wildman–Crippen MR) is 125 cm³/mol. The minimum atomic E-state index is -3.66. The first-order valence-electron chi connectivity index (χ1n) is 10.6. The number of hydrogen-bond acceptors (Lipinski definition) is 5. The Labute approximate surface area is 184 Å². The highest BCUT2D eigenvalue weighted by atomic mass is 32.2. The zero-order valence-corrected chi connectivity index (χ0v) is 18.6. The number of nitrogens with zero attached hydrogens (tertiary/aromatic N) is 3. The number of hydrogen-bond donors (Lipinski definition) is 1. The molecule has 1 aliphatic heterocycles. The lowest BCUT2D eigenvalue weighted by molar-refractivity contribution is 0.261. The molecule has 0 bridgehead atoms. The number of benzene rings is 2. The maximum absolute atomic E-state index is 12.7. The maximum Gasteiger partial charge on any atom is 0.263 e. The van der Waals surface area contributed by atoms with E-state index in [0.29, 0.717) is 11.4 Å². The van der Waals surface area contributed by atoms with Gasteiger partial charge in [-0.1, -0.05) is 30.3 Å². The van der Waals surface area contributed by atoms with Gasteiger partial charge in [0.1, 0.15) is 4.90 Å². The van der Waals surface area contributed by atoms with Crippen LogP contribution in [0.4, 0.5) is 11.4 Å². The molecular weight excluding hydrogens is 408 g/mol. The first-order valence-corrected chi connectivity index (χ1v) is 12.1. The summed E-state index contributed by atoms with van der Waals surface area (Å²) < 4.78 is 28.1. The van der Waals surface area contributed by atoms with Gasteiger partial charge in [-0.05, 0) is 55.3 Å². The van der Waals surface area contributed by atoms with E-state index < -0.39 is 10.0 Å². The normalized spacial score (nSPS) is 15.1. The Balaban J connectivity index is 1.33. The topological polar surface area (TPSA) is 65.5 Å². The molecule has 0 radical (unpaired) electrons. The van der Waals surface area contributed by atoms with Crippen LogP contribution in [0.25, 0.3) is 0 Å². The van der Waals surface area contributed by atoms with Crippen molar-refractivity contribution in [3.05, 3.63) is 84.2 Å². The molecule has 7 heteroatoms. The van der Waals surface area contributed by atoms with Gasteiger partial charge in [0.2, 0.25) is 0 Å². The smallest absolute Gasteiger partial charge is 0.263 e. The van der Waals surface area contributed by atoms with E-state index in [9.17, 15) is 8.42 Å². The molecule has 1 fully saturated rings. The molecule has 0 unspecified atom stereocenters. The Hall–Kier alpha value is -2.90. The monoisotopic (exact) mass is 436 g/mol. The first-order chi connectivity index (χ1) is 15.0. The Bertz CT molecular complexity index is 1110. The number of piperazine rings is 1. The summed E-state index contributed by atoms with van der Waals surface area (Å²) in [5.74, 6) is 0. The number of aryl methyl sites for hydroxylation is 1. The first kappa shape index (κ1) is 21.3. The molecule has 162 valence electrons. The van der Waals surface area contributed by atoms with Gasteiger partial charge in [-0.2, -0.15) is 0 Å². The third kappa shape index (κ3) is 5.42. The Kier molecular flexibility index (Phi) is 6.53. The van der Waals surface area contributed by atoms with E-state index >= 15 is 0 Å². The molecule has 0 spiro atoms. The largest absolute Gasteiger partial charge is 0.369 e. The lowest BCUT2D eigenvalue weighted by Gasteiger charge is -2.36. The van der Waals surface area contributed by atoms with Crippen molar-refractivity contribution in [2.24, 2.45) is 0 Å². The van der Waals surface area contributed by atoms with E-state index in [4.69, 9.17) is 0 Å². The van der Waals surface area contributed by atoms with Crippen molar-refractivity contribution in [2.45, 2.75) is 18.2 Å². The quantitative estimate of drug-likeness (QED) is 0.614. The second-order valence-electron chi connectivity index (χ2n) is 7.81. The van der Waals surface area contributed by atoms with E-state index in [2.05, 4.69) is 43.8 Å². The molecule has 2 aromatic carbocycles. The number of sulfonamides is 1. The van der Waals surface area contributed by atoms with Gasteiger partial charge in [-0.15, -0.1) is 0 Å². The van der Waals surface area contributed by atoms with Gasteiger partial charge in [0.25, 0.3) is 10.0 Å². The summed E-state index contributed by atoms with van der Waals surface area (Å²) in [5, 5.41) is 0. The van der Waals surface area contributed by atoms with Crippen LogP contribution in [-0.2, 0) is 16.4 Å². The van der Waals surface area contributed by atoms with Crippen molar-refractivity contribution >= 4 is 21.4 Å². The number of anilines is 2. The van der Waals surface area contributed by atoms with Crippen LogP contribution in [0.1, 0.15) is 11.3 Å². The number of rotatable bonds is 7. The average molecular weight is 437 g/mol. The number of pyridine rings is 1. The molecule has 0 amide bonds. The van der Waals surface area contributed by atoms with E-state index in [1.165, 1.54) is 5.69 Å². The highest BCUT2D eigenvalue weighted by Crippen LogP contribution is 2.20. The Morgan fingerprint density at radius 1 is 0.935 bits per heavy atom. The summed E-state index contributed by atoms with van der Waals surface area (Å²) in [6, 6.07) is 21.4. The van der Waals surface area contributed by atoms with Gasteiger partial charge in [-0.25, -0.2) is 8.42 Å². The van der Waals surface area contributed by atoms with Crippen molar-refractivity contribution in [3.8, 4) is 0 Å². The van der Waals surface area contributed by atoms with Crippen LogP contribution < -0.4 is 9.62 Å². The van der Waals surface area contributed by atoms with Gasteiger partial charge in [-0.3, -0.25) is 14.6 Å². The van der Waals surface area contributed by atoms with Crippen LogP contribution in [0.5, 0.6) is 0 Å². The van der Waals surface area contributed by atoms with E-state index in [1.807, 2.05) is 24.3 Å². The van der Waals surface area contributed by atoms with Crippen molar-refractivity contribution in [1.29, 1.82) is 0 Å². The third-order valence-corrected chi connectivity index (χ3v) is 7.15. The van der Waals surface area contributed by atoms with Crippen LogP contribution in [0.3, 0.4) is 0 Å². The maximum atomic E-state index is 12.7. The minimum Gasteiger partial charge on any atom is -0.369 e. The molecule has 4 rings (SSSR count). The summed E-state index contributed by atoms with van der Waals surface area (Å²) in [5.41, 5.74) is 3.47. The number of para-hydroxylation sites is 1. The highest BCUT2D eigenvalue weighted by molar-refractivity contribution is 7.92. The molecule has 1 aromatic heterocycles. The Morgan fingerprint density at radius 2 is 1.71 bits per heavy atom. The van der Waals surface area contributed by atoms with Gasteiger partial charge >= 0.3 is 0 Å². The Morgan fingerprint density at radius 3 is 2.45 bits per heavy atom. The van der Waals surface area contributed by atoms with Crippen LogP contribution in [0.2, 0.25) is 0 Å². The molecule has 6 nitrogen and oxygen atoms in total. The second-order valence-corrected chi connectivity index (χ2v) is 9.46. The van der Waals surface area contributed by atoms with Crippen LogP contribution in [0, 0.1) is 6.92 Å². The zero-order chi connectivity index (χ0) is 21.7. The fourth-order valence-electron chi connectivity index (χ4n) is 3.91. The number of nitrogens with one attached hydrogen (secondary N) is 1. The van der Waals surface area contributed by atoms with Gasteiger partial charge in [0.15, 0.2) is 0 Å². The molecule has 0 saturated carbocycles. The van der Waals surface area contributed by atoms with E-state index in [0.717, 1.165) is 44.7 Å². The molecule has 1 saturated heterocycles. The molecule has 31 heavy (non-hydrogen) atoms. The molecule has 0 aliphatic carbocycles. The van der Waals surface area contributed by atoms with E-state index in [-0.39, 0.29) is 4.90 Å². The van der Waals surface area contributed by atoms with Crippen LogP contribution >= 0.6 is 0 Å². The minimum absolute atomic E-state index is 0.205. The lowest BCUT2D eigenvalue weighted by atomic mass is 10.1. The molecule has 2 heterocycles. The van der Waals surface area contributed by atoms with Crippen molar-refractivity contribution in [2.75, 3.05) is 42.3 Å². The third-order valence-electron chi connectivity index (χ3n) is 5.64. The average Bonchev–Trinajstić information content (AvgIpc) is 2.79. The summed E-state index contributed by atoms with van der Waals surface area (Å²) in [6.45, 7) is 6.76. The highest BCUT2D eigenvalue weighted by Gasteiger charge is 2.18. The SMILES string of the molecule is Cc1ncccc1S(=O)(=O)Nc1cccc(CCN2CCN(c3ccccc3)CC2)c1. The second kappa shape index (κ2) is 9.49. The van der Waals surface area contributed by atoms with Crippen LogP contribution in [0.15, 0.2) is 77.8 Å². The van der Waals surface area contributed by atoms with Crippen LogP contribution in [-0.4, -0.2) is 51.0 Å². The lowest BCUT2D eigenvalue weighted by Crippen LogP contribution is -2.46. The van der Waals surface area contributed by atoms with Crippen molar-refractivity contribution in [3.63, 3.8) is 0 Å². The van der Waals surface area contributed by atoms with Crippen molar-refractivity contribution < 1.29 is 8.42 Å². The van der Waals surface area contributed by atoms with Crippen molar-refractivity contribution in [1.82, 2.24) is 9.88 Å². The predicted octanol–water partition coefficient (Wildman–Crippen LogP) is 3.56. The van der Waals surface area contributed by atoms with E-state index in [1.54, 1.807) is 31.3 Å². The van der Waals surface area contributed by atoms with Gasteiger partial charge in [0.05, 0.1) is 5.69 Å². The zero-order valence-electron chi connectivity index (χ0n) is 17.7.